The van der Waals surface area contributed by atoms with Crippen LogP contribution in [0.15, 0.2) is 0 Å². The van der Waals surface area contributed by atoms with Crippen molar-refractivity contribution in [1.29, 1.82) is 0 Å². The molecule has 1 heterocycles. The van der Waals surface area contributed by atoms with Gasteiger partial charge in [-0.05, 0) is 18.4 Å². The quantitative estimate of drug-likeness (QED) is 0.827. The highest BCUT2D eigenvalue weighted by atomic mass is 32.1. The van der Waals surface area contributed by atoms with Gasteiger partial charge < -0.3 is 11.1 Å². The first-order chi connectivity index (χ1) is 7.15. The zero-order valence-corrected chi connectivity index (χ0v) is 10.3. The summed E-state index contributed by atoms with van der Waals surface area (Å²) < 4.78 is 0. The molecule has 15 heavy (non-hydrogen) atoms. The van der Waals surface area contributed by atoms with Crippen LogP contribution in [-0.2, 0) is 12.8 Å². The van der Waals surface area contributed by atoms with Gasteiger partial charge in [0.15, 0.2) is 0 Å². The molecule has 3 nitrogen and oxygen atoms in total. The molecule has 0 aromatic carbocycles. The molecule has 0 aliphatic rings. The maximum absolute atomic E-state index is 11.7. The summed E-state index contributed by atoms with van der Waals surface area (Å²) in [6.07, 6.45) is 2.91. The van der Waals surface area contributed by atoms with Crippen LogP contribution in [0.2, 0.25) is 0 Å². The molecule has 0 saturated carbocycles. The summed E-state index contributed by atoms with van der Waals surface area (Å²) in [7, 11) is 1.64. The number of hydrogen-bond donors (Lipinski definition) is 2. The van der Waals surface area contributed by atoms with E-state index in [4.69, 9.17) is 5.73 Å². The summed E-state index contributed by atoms with van der Waals surface area (Å²) >= 11 is 1.54. The molecule has 1 amide bonds. The van der Waals surface area contributed by atoms with Gasteiger partial charge in [0.1, 0.15) is 0 Å². The highest BCUT2D eigenvalue weighted by Gasteiger charge is 2.19. The van der Waals surface area contributed by atoms with Gasteiger partial charge in [0, 0.05) is 11.9 Å². The number of rotatable bonds is 4. The molecular formula is C11H18N2OS. The number of hydrogen-bond acceptors (Lipinski definition) is 3. The molecule has 0 unspecified atom stereocenters. The summed E-state index contributed by atoms with van der Waals surface area (Å²) in [5, 5.41) is 3.29. The van der Waals surface area contributed by atoms with E-state index in [1.54, 1.807) is 18.4 Å². The minimum Gasteiger partial charge on any atom is -0.390 e. The van der Waals surface area contributed by atoms with Crippen LogP contribution in [0.5, 0.6) is 0 Å². The Hall–Kier alpha value is -1.03. The van der Waals surface area contributed by atoms with E-state index in [-0.39, 0.29) is 5.91 Å². The number of nitrogens with two attached hydrogens (primary N) is 1. The average Bonchev–Trinajstić information content (AvgIpc) is 2.54. The van der Waals surface area contributed by atoms with Crippen LogP contribution in [0.1, 0.15) is 41.1 Å². The van der Waals surface area contributed by atoms with Crippen LogP contribution in [0.3, 0.4) is 0 Å². The van der Waals surface area contributed by atoms with E-state index in [1.165, 1.54) is 4.88 Å². The van der Waals surface area contributed by atoms with Crippen LogP contribution in [0.4, 0.5) is 5.00 Å². The molecule has 0 radical (unpaired) electrons. The molecule has 1 aromatic rings. The Morgan fingerprint density at radius 2 is 2.13 bits per heavy atom. The van der Waals surface area contributed by atoms with E-state index in [9.17, 15) is 4.79 Å². The molecule has 1 rings (SSSR count). The molecule has 1 aromatic heterocycles. The largest absolute Gasteiger partial charge is 0.390 e. The molecule has 0 aliphatic carbocycles. The van der Waals surface area contributed by atoms with Crippen LogP contribution in [0.25, 0.3) is 0 Å². The van der Waals surface area contributed by atoms with Crippen molar-refractivity contribution in [3.63, 3.8) is 0 Å². The molecular weight excluding hydrogens is 208 g/mol. The SMILES string of the molecule is CCCc1c(CC)sc(N)c1C(=O)NC. The molecule has 0 bridgehead atoms. The van der Waals surface area contributed by atoms with Crippen molar-refractivity contribution in [2.45, 2.75) is 33.1 Å². The highest BCUT2D eigenvalue weighted by molar-refractivity contribution is 7.16. The molecule has 0 aliphatic heterocycles. The van der Waals surface area contributed by atoms with Crippen molar-refractivity contribution in [3.8, 4) is 0 Å². The normalized spacial score (nSPS) is 10.3. The number of carbonyl (C=O) groups excluding carboxylic acids is 1. The van der Waals surface area contributed by atoms with Gasteiger partial charge in [0.2, 0.25) is 0 Å². The zero-order chi connectivity index (χ0) is 11.4. The monoisotopic (exact) mass is 226 g/mol. The summed E-state index contributed by atoms with van der Waals surface area (Å²) in [6, 6.07) is 0. The second-order valence-electron chi connectivity index (χ2n) is 3.43. The number of aryl methyl sites for hydroxylation is 1. The molecule has 0 spiro atoms. The number of anilines is 1. The minimum atomic E-state index is -0.0631. The maximum Gasteiger partial charge on any atom is 0.254 e. The second kappa shape index (κ2) is 5.16. The Morgan fingerprint density at radius 1 is 1.47 bits per heavy atom. The Morgan fingerprint density at radius 3 is 2.60 bits per heavy atom. The van der Waals surface area contributed by atoms with E-state index >= 15 is 0 Å². The van der Waals surface area contributed by atoms with Gasteiger partial charge in [-0.1, -0.05) is 20.3 Å². The van der Waals surface area contributed by atoms with Crippen molar-refractivity contribution in [2.75, 3.05) is 12.8 Å². The van der Waals surface area contributed by atoms with Gasteiger partial charge >= 0.3 is 0 Å². The van der Waals surface area contributed by atoms with Crippen LogP contribution in [0, 0.1) is 0 Å². The van der Waals surface area contributed by atoms with Crippen LogP contribution >= 0.6 is 11.3 Å². The fraction of sp³-hybridized carbons (Fsp3) is 0.545. The van der Waals surface area contributed by atoms with Crippen molar-refractivity contribution < 1.29 is 4.79 Å². The third-order valence-electron chi connectivity index (χ3n) is 2.39. The van der Waals surface area contributed by atoms with E-state index < -0.39 is 0 Å². The molecule has 4 heteroatoms. The van der Waals surface area contributed by atoms with E-state index in [2.05, 4.69) is 19.2 Å². The smallest absolute Gasteiger partial charge is 0.254 e. The van der Waals surface area contributed by atoms with Gasteiger partial charge in [-0.3, -0.25) is 4.79 Å². The van der Waals surface area contributed by atoms with Crippen molar-refractivity contribution in [1.82, 2.24) is 5.32 Å². The second-order valence-corrected chi connectivity index (χ2v) is 4.56. The fourth-order valence-electron chi connectivity index (χ4n) is 1.71. The first kappa shape index (κ1) is 12.0. The van der Waals surface area contributed by atoms with Crippen molar-refractivity contribution in [2.24, 2.45) is 0 Å². The van der Waals surface area contributed by atoms with Crippen LogP contribution in [-0.4, -0.2) is 13.0 Å². The van der Waals surface area contributed by atoms with E-state index in [0.717, 1.165) is 24.8 Å². The lowest BCUT2D eigenvalue weighted by Crippen LogP contribution is -2.20. The fourth-order valence-corrected chi connectivity index (χ4v) is 2.76. The predicted molar refractivity (Wildman–Crippen MR) is 65.5 cm³/mol. The maximum atomic E-state index is 11.7. The topological polar surface area (TPSA) is 55.1 Å². The summed E-state index contributed by atoms with van der Waals surface area (Å²) in [4.78, 5) is 12.9. The van der Waals surface area contributed by atoms with Crippen molar-refractivity contribution in [3.05, 3.63) is 16.0 Å². The molecule has 0 atom stereocenters. The molecule has 3 N–H and O–H groups in total. The lowest BCUT2D eigenvalue weighted by atomic mass is 10.0. The summed E-state index contributed by atoms with van der Waals surface area (Å²) in [6.45, 7) is 4.21. The van der Waals surface area contributed by atoms with E-state index in [0.29, 0.717) is 10.6 Å². The standard InChI is InChI=1S/C11H18N2OS/c1-4-6-7-8(5-2)15-10(12)9(7)11(14)13-3/h4-6,12H2,1-3H3,(H,13,14). The van der Waals surface area contributed by atoms with Gasteiger partial charge in [0.25, 0.3) is 5.91 Å². The van der Waals surface area contributed by atoms with E-state index in [1.807, 2.05) is 0 Å². The van der Waals surface area contributed by atoms with Crippen molar-refractivity contribution >= 4 is 22.2 Å². The highest BCUT2D eigenvalue weighted by Crippen LogP contribution is 2.32. The first-order valence-electron chi connectivity index (χ1n) is 5.27. The number of nitrogens with one attached hydrogen (secondary N) is 1. The Balaban J connectivity index is 3.21. The molecule has 0 fully saturated rings. The molecule has 84 valence electrons. The van der Waals surface area contributed by atoms with Gasteiger partial charge in [0.05, 0.1) is 10.6 Å². The number of thiophene rings is 1. The van der Waals surface area contributed by atoms with Gasteiger partial charge in [-0.15, -0.1) is 11.3 Å². The lowest BCUT2D eigenvalue weighted by molar-refractivity contribution is 0.0963. The number of carbonyl (C=O) groups is 1. The third-order valence-corrected chi connectivity index (χ3v) is 3.60. The Labute approximate surface area is 94.7 Å². The van der Waals surface area contributed by atoms with Gasteiger partial charge in [-0.2, -0.15) is 0 Å². The predicted octanol–water partition coefficient (Wildman–Crippen LogP) is 2.20. The number of amides is 1. The third kappa shape index (κ3) is 2.31. The Kier molecular flexibility index (Phi) is 4.15. The summed E-state index contributed by atoms with van der Waals surface area (Å²) in [5.41, 5.74) is 7.72. The summed E-state index contributed by atoms with van der Waals surface area (Å²) in [5.74, 6) is -0.0631. The molecule has 0 saturated heterocycles. The lowest BCUT2D eigenvalue weighted by Gasteiger charge is -2.04. The number of nitrogen functional groups attached to an aromatic ring is 1. The first-order valence-corrected chi connectivity index (χ1v) is 6.09. The zero-order valence-electron chi connectivity index (χ0n) is 9.52. The van der Waals surface area contributed by atoms with Crippen LogP contribution < -0.4 is 11.1 Å². The van der Waals surface area contributed by atoms with Gasteiger partial charge in [-0.25, -0.2) is 0 Å². The minimum absolute atomic E-state index is 0.0631. The Bertz CT molecular complexity index is 358. The average molecular weight is 226 g/mol.